The van der Waals surface area contributed by atoms with Gasteiger partial charge in [-0.15, -0.1) is 0 Å². The van der Waals surface area contributed by atoms with Crippen molar-refractivity contribution in [3.63, 3.8) is 0 Å². The molecule has 112 valence electrons. The minimum absolute atomic E-state index is 0.00451. The van der Waals surface area contributed by atoms with E-state index in [-0.39, 0.29) is 24.3 Å². The lowest BCUT2D eigenvalue weighted by Gasteiger charge is -2.43. The van der Waals surface area contributed by atoms with Crippen molar-refractivity contribution in [2.45, 2.75) is 31.0 Å². The highest BCUT2D eigenvalue weighted by atomic mass is 19.1. The Bertz CT molecular complexity index is 679. The van der Waals surface area contributed by atoms with Crippen LogP contribution in [-0.2, 0) is 16.1 Å². The van der Waals surface area contributed by atoms with E-state index >= 15 is 0 Å². The summed E-state index contributed by atoms with van der Waals surface area (Å²) in [5, 5.41) is 2.78. The molecule has 3 rings (SSSR count). The Morgan fingerprint density at radius 1 is 1.62 bits per heavy atom. The Morgan fingerprint density at radius 3 is 3.05 bits per heavy atom. The molecule has 1 aliphatic rings. The monoisotopic (exact) mass is 292 g/mol. The van der Waals surface area contributed by atoms with Crippen molar-refractivity contribution in [3.8, 4) is 0 Å². The fraction of sp³-hybridized carbons (Fsp3) is 0.429. The summed E-state index contributed by atoms with van der Waals surface area (Å²) in [7, 11) is 1.51. The van der Waals surface area contributed by atoms with Gasteiger partial charge in [0.25, 0.3) is 5.91 Å². The topological polar surface area (TPSA) is 93.0 Å². The third-order valence-corrected chi connectivity index (χ3v) is 3.90. The number of benzene rings is 1. The summed E-state index contributed by atoms with van der Waals surface area (Å²) in [5.74, 6) is 0.0423. The average molecular weight is 292 g/mol. The molecule has 0 radical (unpaired) electrons. The normalized spacial score (nSPS) is 24.8. The third kappa shape index (κ3) is 2.50. The van der Waals surface area contributed by atoms with Gasteiger partial charge in [0.1, 0.15) is 17.2 Å². The van der Waals surface area contributed by atoms with Crippen LogP contribution in [0.5, 0.6) is 0 Å². The van der Waals surface area contributed by atoms with Gasteiger partial charge in [0.05, 0.1) is 17.6 Å². The van der Waals surface area contributed by atoms with Gasteiger partial charge < -0.3 is 20.8 Å². The number of hydrogen-bond donors (Lipinski definition) is 3. The third-order valence-electron chi connectivity index (χ3n) is 3.90. The Labute approximate surface area is 120 Å². The van der Waals surface area contributed by atoms with Crippen molar-refractivity contribution < 1.29 is 13.9 Å². The minimum Gasteiger partial charge on any atom is -0.368 e. The zero-order valence-electron chi connectivity index (χ0n) is 11.6. The summed E-state index contributed by atoms with van der Waals surface area (Å²) in [4.78, 5) is 19.4. The fourth-order valence-corrected chi connectivity index (χ4v) is 2.68. The minimum atomic E-state index is -0.822. The molecule has 21 heavy (non-hydrogen) atoms. The van der Waals surface area contributed by atoms with Crippen LogP contribution in [0.1, 0.15) is 18.7 Å². The Hall–Kier alpha value is -1.99. The van der Waals surface area contributed by atoms with Crippen molar-refractivity contribution in [2.24, 2.45) is 5.73 Å². The molecule has 1 saturated carbocycles. The molecule has 0 aliphatic heterocycles. The van der Waals surface area contributed by atoms with Gasteiger partial charge in [-0.25, -0.2) is 9.37 Å². The molecule has 1 aromatic heterocycles. The Kier molecular flexibility index (Phi) is 3.38. The number of amides is 1. The SMILES string of the molecule is COC1(C(=O)NCc2nc3ccc(F)cc3[nH]2)CC(N)C1. The number of H-pyrrole nitrogens is 1. The average Bonchev–Trinajstić information content (AvgIpc) is 2.82. The van der Waals surface area contributed by atoms with Crippen LogP contribution >= 0.6 is 0 Å². The fourth-order valence-electron chi connectivity index (χ4n) is 2.68. The van der Waals surface area contributed by atoms with Gasteiger partial charge in [-0.1, -0.05) is 0 Å². The van der Waals surface area contributed by atoms with Crippen molar-refractivity contribution in [1.29, 1.82) is 0 Å². The lowest BCUT2D eigenvalue weighted by Crippen LogP contribution is -2.61. The number of fused-ring (bicyclic) bond motifs is 1. The van der Waals surface area contributed by atoms with E-state index < -0.39 is 5.60 Å². The second-order valence-corrected chi connectivity index (χ2v) is 5.39. The van der Waals surface area contributed by atoms with Gasteiger partial charge in [-0.05, 0) is 18.2 Å². The highest BCUT2D eigenvalue weighted by Gasteiger charge is 2.49. The predicted molar refractivity (Wildman–Crippen MR) is 74.8 cm³/mol. The molecule has 7 heteroatoms. The van der Waals surface area contributed by atoms with E-state index in [4.69, 9.17) is 10.5 Å². The molecule has 1 fully saturated rings. The highest BCUT2D eigenvalue weighted by Crippen LogP contribution is 2.34. The van der Waals surface area contributed by atoms with Crippen LogP contribution in [0, 0.1) is 5.82 Å². The molecule has 1 aliphatic carbocycles. The first-order valence-corrected chi connectivity index (χ1v) is 6.75. The number of halogens is 1. The van der Waals surface area contributed by atoms with Crippen LogP contribution < -0.4 is 11.1 Å². The summed E-state index contributed by atoms with van der Waals surface area (Å²) in [6.07, 6.45) is 1.03. The van der Waals surface area contributed by atoms with Crippen LogP contribution in [0.2, 0.25) is 0 Å². The Balaban J connectivity index is 1.67. The number of methoxy groups -OCH3 is 1. The van der Waals surface area contributed by atoms with E-state index in [1.54, 1.807) is 6.07 Å². The number of carbonyl (C=O) groups excluding carboxylic acids is 1. The van der Waals surface area contributed by atoms with Crippen molar-refractivity contribution in [3.05, 3.63) is 29.8 Å². The molecule has 0 bridgehead atoms. The molecular formula is C14H17FN4O2. The zero-order chi connectivity index (χ0) is 15.0. The number of aromatic amines is 1. The summed E-state index contributed by atoms with van der Waals surface area (Å²) < 4.78 is 18.4. The van der Waals surface area contributed by atoms with Crippen molar-refractivity contribution in [2.75, 3.05) is 7.11 Å². The van der Waals surface area contributed by atoms with E-state index in [2.05, 4.69) is 15.3 Å². The molecule has 0 spiro atoms. The first kappa shape index (κ1) is 14.0. The van der Waals surface area contributed by atoms with Crippen LogP contribution in [-0.4, -0.2) is 34.6 Å². The quantitative estimate of drug-likeness (QED) is 0.778. The molecule has 0 atom stereocenters. The van der Waals surface area contributed by atoms with Gasteiger partial charge in [-0.2, -0.15) is 0 Å². The lowest BCUT2D eigenvalue weighted by molar-refractivity contribution is -0.156. The van der Waals surface area contributed by atoms with Crippen LogP contribution in [0.15, 0.2) is 18.2 Å². The predicted octanol–water partition coefficient (Wildman–Crippen LogP) is 0.825. The molecule has 2 aromatic rings. The first-order valence-electron chi connectivity index (χ1n) is 6.75. The first-order chi connectivity index (χ1) is 10.0. The molecular weight excluding hydrogens is 275 g/mol. The summed E-state index contributed by atoms with van der Waals surface area (Å²) in [5.41, 5.74) is 6.17. The number of rotatable bonds is 4. The van der Waals surface area contributed by atoms with E-state index in [1.165, 1.54) is 19.2 Å². The van der Waals surface area contributed by atoms with Crippen LogP contribution in [0.25, 0.3) is 11.0 Å². The van der Waals surface area contributed by atoms with Gasteiger partial charge >= 0.3 is 0 Å². The summed E-state index contributed by atoms with van der Waals surface area (Å²) in [6, 6.07) is 4.31. The number of nitrogens with zero attached hydrogens (tertiary/aromatic N) is 1. The van der Waals surface area contributed by atoms with Crippen LogP contribution in [0.3, 0.4) is 0 Å². The lowest BCUT2D eigenvalue weighted by atomic mass is 9.75. The number of hydrogen-bond acceptors (Lipinski definition) is 4. The van der Waals surface area contributed by atoms with Gasteiger partial charge in [0.15, 0.2) is 0 Å². The molecule has 4 N–H and O–H groups in total. The maximum absolute atomic E-state index is 13.1. The van der Waals surface area contributed by atoms with E-state index in [0.717, 1.165) is 0 Å². The number of ether oxygens (including phenoxy) is 1. The Morgan fingerprint density at radius 2 is 2.38 bits per heavy atom. The largest absolute Gasteiger partial charge is 0.368 e. The van der Waals surface area contributed by atoms with Gasteiger partial charge in [-0.3, -0.25) is 4.79 Å². The highest BCUT2D eigenvalue weighted by molar-refractivity contribution is 5.86. The van der Waals surface area contributed by atoms with E-state index in [0.29, 0.717) is 29.7 Å². The zero-order valence-corrected chi connectivity index (χ0v) is 11.6. The maximum atomic E-state index is 13.1. The smallest absolute Gasteiger partial charge is 0.252 e. The summed E-state index contributed by atoms with van der Waals surface area (Å²) in [6.45, 7) is 0.232. The second-order valence-electron chi connectivity index (χ2n) is 5.39. The molecule has 0 saturated heterocycles. The maximum Gasteiger partial charge on any atom is 0.252 e. The van der Waals surface area contributed by atoms with Gasteiger partial charge in [0, 0.05) is 26.0 Å². The van der Waals surface area contributed by atoms with E-state index in [1.807, 2.05) is 0 Å². The molecule has 1 amide bonds. The van der Waals surface area contributed by atoms with Crippen molar-refractivity contribution >= 4 is 16.9 Å². The van der Waals surface area contributed by atoms with Crippen molar-refractivity contribution in [1.82, 2.24) is 15.3 Å². The van der Waals surface area contributed by atoms with Gasteiger partial charge in [0.2, 0.25) is 0 Å². The standard InChI is InChI=1S/C14H17FN4O2/c1-21-14(5-9(16)6-14)13(20)17-7-12-18-10-3-2-8(15)4-11(10)19-12/h2-4,9H,5-7,16H2,1H3,(H,17,20)(H,18,19). The number of nitrogens with two attached hydrogens (primary N) is 1. The number of aromatic nitrogens is 2. The number of imidazole rings is 1. The van der Waals surface area contributed by atoms with Crippen LogP contribution in [0.4, 0.5) is 4.39 Å². The molecule has 1 aromatic carbocycles. The molecule has 0 unspecified atom stereocenters. The number of nitrogens with one attached hydrogen (secondary N) is 2. The van der Waals surface area contributed by atoms with E-state index in [9.17, 15) is 9.18 Å². The number of carbonyl (C=O) groups is 1. The molecule has 1 heterocycles. The summed E-state index contributed by atoms with van der Waals surface area (Å²) >= 11 is 0. The second kappa shape index (κ2) is 5.09. The molecule has 6 nitrogen and oxygen atoms in total.